The summed E-state index contributed by atoms with van der Waals surface area (Å²) in [5.41, 5.74) is 2.24. The molecule has 1 aliphatic rings. The van der Waals surface area contributed by atoms with E-state index in [1.54, 1.807) is 11.3 Å². The van der Waals surface area contributed by atoms with Gasteiger partial charge in [0.1, 0.15) is 4.88 Å². The SMILES string of the molecule is CCc1nc(C)c(C(=O)N2CCC[C@@H]2[C@H](CC)c2ccccc2)s1. The lowest BCUT2D eigenvalue weighted by Crippen LogP contribution is -2.39. The van der Waals surface area contributed by atoms with Crippen LogP contribution in [0.4, 0.5) is 0 Å². The number of aromatic nitrogens is 1. The van der Waals surface area contributed by atoms with Crippen LogP contribution in [0.15, 0.2) is 30.3 Å². The fraction of sp³-hybridized carbons (Fsp3) is 0.500. The molecule has 2 atom stereocenters. The average Bonchev–Trinajstić information content (AvgIpc) is 3.23. The van der Waals surface area contributed by atoms with Crippen LogP contribution in [0.3, 0.4) is 0 Å². The van der Waals surface area contributed by atoms with Gasteiger partial charge in [-0.2, -0.15) is 0 Å². The quantitative estimate of drug-likeness (QED) is 0.781. The van der Waals surface area contributed by atoms with E-state index in [-0.39, 0.29) is 5.91 Å². The molecule has 2 aromatic rings. The molecule has 0 radical (unpaired) electrons. The maximum Gasteiger partial charge on any atom is 0.266 e. The summed E-state index contributed by atoms with van der Waals surface area (Å²) in [7, 11) is 0. The molecule has 1 aliphatic heterocycles. The molecular formula is C20H26N2OS. The van der Waals surface area contributed by atoms with E-state index in [4.69, 9.17) is 0 Å². The van der Waals surface area contributed by atoms with Gasteiger partial charge in [0.15, 0.2) is 0 Å². The smallest absolute Gasteiger partial charge is 0.266 e. The van der Waals surface area contributed by atoms with E-state index in [9.17, 15) is 4.79 Å². The zero-order valence-corrected chi connectivity index (χ0v) is 15.6. The summed E-state index contributed by atoms with van der Waals surface area (Å²) in [4.78, 5) is 20.6. The molecule has 0 saturated carbocycles. The minimum Gasteiger partial charge on any atom is -0.334 e. The molecule has 1 fully saturated rings. The molecule has 3 rings (SSSR count). The number of carbonyl (C=O) groups is 1. The molecule has 1 saturated heterocycles. The number of thiazole rings is 1. The van der Waals surface area contributed by atoms with Crippen LogP contribution in [0, 0.1) is 6.92 Å². The summed E-state index contributed by atoms with van der Waals surface area (Å²) in [5.74, 6) is 0.595. The Kier molecular flexibility index (Phi) is 5.34. The highest BCUT2D eigenvalue weighted by atomic mass is 32.1. The second kappa shape index (κ2) is 7.47. The van der Waals surface area contributed by atoms with E-state index >= 15 is 0 Å². The summed E-state index contributed by atoms with van der Waals surface area (Å²) in [5, 5.41) is 1.06. The Hall–Kier alpha value is -1.68. The number of rotatable bonds is 5. The summed E-state index contributed by atoms with van der Waals surface area (Å²) in [6.07, 6.45) is 4.14. The average molecular weight is 343 g/mol. The van der Waals surface area contributed by atoms with E-state index < -0.39 is 0 Å². The highest BCUT2D eigenvalue weighted by Gasteiger charge is 2.36. The third-order valence-corrected chi connectivity index (χ3v) is 6.32. The van der Waals surface area contributed by atoms with Gasteiger partial charge in [-0.05, 0) is 38.2 Å². The lowest BCUT2D eigenvalue weighted by Gasteiger charge is -2.31. The molecule has 1 aromatic heterocycles. The summed E-state index contributed by atoms with van der Waals surface area (Å²) in [6, 6.07) is 10.9. The molecule has 0 aliphatic carbocycles. The number of hydrogen-bond acceptors (Lipinski definition) is 3. The van der Waals surface area contributed by atoms with E-state index in [0.717, 1.165) is 47.8 Å². The van der Waals surface area contributed by atoms with Crippen molar-refractivity contribution in [3.8, 4) is 0 Å². The van der Waals surface area contributed by atoms with Gasteiger partial charge in [0.05, 0.1) is 10.7 Å². The van der Waals surface area contributed by atoms with Gasteiger partial charge >= 0.3 is 0 Å². The molecule has 1 amide bonds. The standard InChI is InChI=1S/C20H26N2OS/c1-4-16(15-10-7-6-8-11-15)17-12-9-13-22(17)20(23)19-14(3)21-18(5-2)24-19/h6-8,10-11,16-17H,4-5,9,12-13H2,1-3H3/t16-,17-/m1/s1. The molecule has 128 valence electrons. The summed E-state index contributed by atoms with van der Waals surface area (Å²) < 4.78 is 0. The van der Waals surface area contributed by atoms with Gasteiger partial charge in [-0.3, -0.25) is 4.79 Å². The van der Waals surface area contributed by atoms with E-state index in [0.29, 0.717) is 12.0 Å². The number of amides is 1. The molecule has 4 heteroatoms. The molecule has 0 unspecified atom stereocenters. The Morgan fingerprint density at radius 1 is 1.33 bits per heavy atom. The fourth-order valence-electron chi connectivity index (χ4n) is 3.83. The lowest BCUT2D eigenvalue weighted by atomic mass is 9.87. The van der Waals surface area contributed by atoms with Crippen LogP contribution < -0.4 is 0 Å². The molecule has 0 N–H and O–H groups in total. The van der Waals surface area contributed by atoms with E-state index in [2.05, 4.69) is 54.1 Å². The Balaban J connectivity index is 1.86. The number of benzene rings is 1. The summed E-state index contributed by atoms with van der Waals surface area (Å²) >= 11 is 1.57. The van der Waals surface area contributed by atoms with Gasteiger partial charge in [-0.25, -0.2) is 4.98 Å². The topological polar surface area (TPSA) is 33.2 Å². The summed E-state index contributed by atoms with van der Waals surface area (Å²) in [6.45, 7) is 7.15. The van der Waals surface area contributed by atoms with Crippen LogP contribution in [0.1, 0.15) is 65.0 Å². The monoisotopic (exact) mass is 342 g/mol. The predicted molar refractivity (Wildman–Crippen MR) is 99.8 cm³/mol. The van der Waals surface area contributed by atoms with Crippen molar-refractivity contribution in [2.24, 2.45) is 0 Å². The lowest BCUT2D eigenvalue weighted by molar-refractivity contribution is 0.0718. The maximum atomic E-state index is 13.2. The highest BCUT2D eigenvalue weighted by Crippen LogP contribution is 2.35. The van der Waals surface area contributed by atoms with Gasteiger partial charge in [-0.1, -0.05) is 44.2 Å². The van der Waals surface area contributed by atoms with E-state index in [1.807, 2.05) is 6.92 Å². The molecule has 0 bridgehead atoms. The van der Waals surface area contributed by atoms with Gasteiger partial charge < -0.3 is 4.90 Å². The minimum absolute atomic E-state index is 0.182. The largest absolute Gasteiger partial charge is 0.334 e. The van der Waals surface area contributed by atoms with Crippen molar-refractivity contribution in [1.82, 2.24) is 9.88 Å². The first-order valence-corrected chi connectivity index (χ1v) is 9.79. The van der Waals surface area contributed by atoms with Crippen molar-refractivity contribution < 1.29 is 4.79 Å². The highest BCUT2D eigenvalue weighted by molar-refractivity contribution is 7.13. The number of nitrogens with zero attached hydrogens (tertiary/aromatic N) is 2. The zero-order chi connectivity index (χ0) is 17.1. The van der Waals surface area contributed by atoms with Crippen molar-refractivity contribution in [1.29, 1.82) is 0 Å². The van der Waals surface area contributed by atoms with Crippen LogP contribution >= 0.6 is 11.3 Å². The van der Waals surface area contributed by atoms with Gasteiger partial charge in [0.25, 0.3) is 5.91 Å². The molecular weight excluding hydrogens is 316 g/mol. The Morgan fingerprint density at radius 3 is 2.71 bits per heavy atom. The first-order valence-electron chi connectivity index (χ1n) is 8.97. The van der Waals surface area contributed by atoms with Crippen LogP contribution in [-0.2, 0) is 6.42 Å². The van der Waals surface area contributed by atoms with E-state index in [1.165, 1.54) is 5.56 Å². The number of likely N-dealkylation sites (tertiary alicyclic amines) is 1. The van der Waals surface area contributed by atoms with Crippen molar-refractivity contribution in [2.75, 3.05) is 6.54 Å². The molecule has 1 aromatic carbocycles. The Labute approximate surface area is 148 Å². The molecule has 2 heterocycles. The van der Waals surface area contributed by atoms with Crippen LogP contribution in [0.2, 0.25) is 0 Å². The zero-order valence-electron chi connectivity index (χ0n) is 14.8. The van der Waals surface area contributed by atoms with Gasteiger partial charge in [-0.15, -0.1) is 11.3 Å². The van der Waals surface area contributed by atoms with Crippen LogP contribution in [0.5, 0.6) is 0 Å². The van der Waals surface area contributed by atoms with Crippen LogP contribution in [0.25, 0.3) is 0 Å². The minimum atomic E-state index is 0.182. The third-order valence-electron chi connectivity index (χ3n) is 5.03. The van der Waals surface area contributed by atoms with Crippen molar-refractivity contribution >= 4 is 17.2 Å². The predicted octanol–water partition coefficient (Wildman–Crippen LogP) is 4.81. The number of hydrogen-bond donors (Lipinski definition) is 0. The normalized spacial score (nSPS) is 18.8. The van der Waals surface area contributed by atoms with Crippen LogP contribution in [-0.4, -0.2) is 28.4 Å². The Bertz CT molecular complexity index is 695. The fourth-order valence-corrected chi connectivity index (χ4v) is 4.79. The second-order valence-electron chi connectivity index (χ2n) is 6.51. The first kappa shape index (κ1) is 17.2. The Morgan fingerprint density at radius 2 is 2.08 bits per heavy atom. The van der Waals surface area contributed by atoms with Crippen molar-refractivity contribution in [3.05, 3.63) is 51.5 Å². The van der Waals surface area contributed by atoms with Gasteiger partial charge in [0.2, 0.25) is 0 Å². The van der Waals surface area contributed by atoms with Gasteiger partial charge in [0, 0.05) is 18.5 Å². The number of aryl methyl sites for hydroxylation is 2. The van der Waals surface area contributed by atoms with Crippen molar-refractivity contribution in [2.45, 2.75) is 58.4 Å². The molecule has 24 heavy (non-hydrogen) atoms. The number of carbonyl (C=O) groups excluding carboxylic acids is 1. The maximum absolute atomic E-state index is 13.2. The third kappa shape index (κ3) is 3.25. The van der Waals surface area contributed by atoms with Crippen molar-refractivity contribution in [3.63, 3.8) is 0 Å². The molecule has 0 spiro atoms. The second-order valence-corrected chi connectivity index (χ2v) is 7.59. The molecule has 3 nitrogen and oxygen atoms in total. The first-order chi connectivity index (χ1) is 11.7.